The third kappa shape index (κ3) is 1.60. The van der Waals surface area contributed by atoms with E-state index in [1.54, 1.807) is 6.92 Å². The van der Waals surface area contributed by atoms with Crippen LogP contribution in [0.15, 0.2) is 18.2 Å². The lowest BCUT2D eigenvalue weighted by Crippen LogP contribution is -1.94. The van der Waals surface area contributed by atoms with E-state index >= 15 is 0 Å². The van der Waals surface area contributed by atoms with Crippen LogP contribution in [-0.4, -0.2) is 0 Å². The van der Waals surface area contributed by atoms with E-state index in [0.717, 1.165) is 11.1 Å². The molecule has 1 radical (unpaired) electrons. The molecule has 1 heteroatoms. The van der Waals surface area contributed by atoms with E-state index in [1.807, 2.05) is 32.0 Å². The van der Waals surface area contributed by atoms with Gasteiger partial charge in [-0.3, -0.25) is 0 Å². The third-order valence-electron chi connectivity index (χ3n) is 2.08. The van der Waals surface area contributed by atoms with E-state index < -0.39 is 6.10 Å². The monoisotopic (exact) mass is 149 g/mol. The molecule has 11 heavy (non-hydrogen) atoms. The van der Waals surface area contributed by atoms with Gasteiger partial charge < -0.3 is 0 Å². The molecule has 0 spiro atoms. The number of rotatable bonds is 1. The van der Waals surface area contributed by atoms with Gasteiger partial charge in [-0.25, -0.2) is 5.11 Å². The second-order valence-corrected chi connectivity index (χ2v) is 2.93. The van der Waals surface area contributed by atoms with Gasteiger partial charge in [0.25, 0.3) is 0 Å². The lowest BCUT2D eigenvalue weighted by atomic mass is 10.0. The van der Waals surface area contributed by atoms with Gasteiger partial charge in [-0.15, -0.1) is 0 Å². The normalized spacial score (nSPS) is 13.1. The van der Waals surface area contributed by atoms with Crippen LogP contribution in [0.25, 0.3) is 0 Å². The highest BCUT2D eigenvalue weighted by Gasteiger charge is 2.06. The van der Waals surface area contributed by atoms with E-state index in [9.17, 15) is 5.11 Å². The average molecular weight is 149 g/mol. The van der Waals surface area contributed by atoms with Crippen LogP contribution in [0.1, 0.15) is 29.7 Å². The van der Waals surface area contributed by atoms with Crippen molar-refractivity contribution >= 4 is 0 Å². The Morgan fingerprint density at radius 1 is 1.27 bits per heavy atom. The van der Waals surface area contributed by atoms with Gasteiger partial charge in [0, 0.05) is 0 Å². The maximum Gasteiger partial charge on any atom is 0.115 e. The van der Waals surface area contributed by atoms with Crippen LogP contribution in [-0.2, 0) is 5.11 Å². The molecule has 0 aliphatic heterocycles. The zero-order valence-electron chi connectivity index (χ0n) is 7.22. The first kappa shape index (κ1) is 8.28. The van der Waals surface area contributed by atoms with Gasteiger partial charge in [0.1, 0.15) is 6.10 Å². The first-order chi connectivity index (χ1) is 5.13. The summed E-state index contributed by atoms with van der Waals surface area (Å²) in [5.74, 6) is 0. The third-order valence-corrected chi connectivity index (χ3v) is 2.08. The Bertz CT molecular complexity index is 251. The SMILES string of the molecule is Cc1cccc(C(C)[O])c1C. The lowest BCUT2D eigenvalue weighted by molar-refractivity contribution is 0.106. The molecule has 0 heterocycles. The standard InChI is InChI=1S/C10H13O/c1-7-5-4-6-10(8(7)2)9(3)11/h4-6,9H,1-3H3. The summed E-state index contributed by atoms with van der Waals surface area (Å²) in [6.07, 6.45) is -0.602. The Hall–Kier alpha value is -0.820. The van der Waals surface area contributed by atoms with Crippen molar-refractivity contribution in [3.63, 3.8) is 0 Å². The predicted octanol–water partition coefficient (Wildman–Crippen LogP) is 2.79. The molecule has 0 fully saturated rings. The molecular weight excluding hydrogens is 136 g/mol. The molecule has 0 amide bonds. The topological polar surface area (TPSA) is 19.9 Å². The maximum atomic E-state index is 11.1. The van der Waals surface area contributed by atoms with Crippen molar-refractivity contribution in [3.05, 3.63) is 34.9 Å². The minimum atomic E-state index is -0.602. The summed E-state index contributed by atoms with van der Waals surface area (Å²) in [4.78, 5) is 0. The summed E-state index contributed by atoms with van der Waals surface area (Å²) in [6.45, 7) is 5.71. The first-order valence-electron chi connectivity index (χ1n) is 3.85. The molecule has 0 saturated carbocycles. The molecule has 1 nitrogen and oxygen atoms in total. The minimum Gasteiger partial charge on any atom is -0.228 e. The zero-order chi connectivity index (χ0) is 8.43. The van der Waals surface area contributed by atoms with Crippen LogP contribution in [0, 0.1) is 13.8 Å². The van der Waals surface area contributed by atoms with E-state index in [2.05, 4.69) is 0 Å². The summed E-state index contributed by atoms with van der Waals surface area (Å²) in [5.41, 5.74) is 3.25. The summed E-state index contributed by atoms with van der Waals surface area (Å²) in [6, 6.07) is 5.87. The van der Waals surface area contributed by atoms with Crippen LogP contribution < -0.4 is 0 Å². The van der Waals surface area contributed by atoms with Crippen LogP contribution in [0.2, 0.25) is 0 Å². The number of benzene rings is 1. The van der Waals surface area contributed by atoms with Gasteiger partial charge in [0.15, 0.2) is 0 Å². The van der Waals surface area contributed by atoms with E-state index in [1.165, 1.54) is 5.56 Å². The molecule has 1 unspecified atom stereocenters. The Balaban J connectivity index is 3.17. The minimum absolute atomic E-state index is 0.602. The number of hydrogen-bond acceptors (Lipinski definition) is 0. The smallest absolute Gasteiger partial charge is 0.115 e. The molecule has 1 aromatic carbocycles. The lowest BCUT2D eigenvalue weighted by Gasteiger charge is -2.08. The molecule has 1 rings (SSSR count). The maximum absolute atomic E-state index is 11.1. The molecule has 59 valence electrons. The molecule has 0 aliphatic rings. The zero-order valence-corrected chi connectivity index (χ0v) is 7.22. The Kier molecular flexibility index (Phi) is 2.30. The van der Waals surface area contributed by atoms with Crippen molar-refractivity contribution in [1.82, 2.24) is 0 Å². The highest BCUT2D eigenvalue weighted by molar-refractivity contribution is 5.34. The summed E-state index contributed by atoms with van der Waals surface area (Å²) < 4.78 is 0. The molecule has 0 bridgehead atoms. The number of aryl methyl sites for hydroxylation is 1. The predicted molar refractivity (Wildman–Crippen MR) is 45.0 cm³/mol. The highest BCUT2D eigenvalue weighted by atomic mass is 16.3. The van der Waals surface area contributed by atoms with Crippen LogP contribution in [0.5, 0.6) is 0 Å². The molecule has 1 atom stereocenters. The molecular formula is C10H13O. The van der Waals surface area contributed by atoms with Crippen LogP contribution in [0.4, 0.5) is 0 Å². The van der Waals surface area contributed by atoms with Crippen LogP contribution >= 0.6 is 0 Å². The Morgan fingerprint density at radius 2 is 1.91 bits per heavy atom. The molecule has 0 saturated heterocycles. The second-order valence-electron chi connectivity index (χ2n) is 2.93. The molecule has 0 N–H and O–H groups in total. The van der Waals surface area contributed by atoms with Crippen molar-refractivity contribution < 1.29 is 5.11 Å². The van der Waals surface area contributed by atoms with E-state index in [0.29, 0.717) is 0 Å². The number of hydrogen-bond donors (Lipinski definition) is 0. The fourth-order valence-corrected chi connectivity index (χ4v) is 1.21. The molecule has 0 aliphatic carbocycles. The van der Waals surface area contributed by atoms with E-state index in [-0.39, 0.29) is 0 Å². The summed E-state index contributed by atoms with van der Waals surface area (Å²) in [7, 11) is 0. The average Bonchev–Trinajstić information content (AvgIpc) is 1.94. The Morgan fingerprint density at radius 3 is 2.36 bits per heavy atom. The van der Waals surface area contributed by atoms with Gasteiger partial charge in [-0.2, -0.15) is 0 Å². The van der Waals surface area contributed by atoms with Gasteiger partial charge in [0.05, 0.1) is 0 Å². The first-order valence-corrected chi connectivity index (χ1v) is 3.85. The van der Waals surface area contributed by atoms with Crippen LogP contribution in [0.3, 0.4) is 0 Å². The van der Waals surface area contributed by atoms with Gasteiger partial charge in [-0.05, 0) is 37.5 Å². The molecule has 1 aromatic rings. The quantitative estimate of drug-likeness (QED) is 0.585. The van der Waals surface area contributed by atoms with Crippen molar-refractivity contribution in [2.45, 2.75) is 26.9 Å². The van der Waals surface area contributed by atoms with Gasteiger partial charge in [-0.1, -0.05) is 18.2 Å². The fourth-order valence-electron chi connectivity index (χ4n) is 1.21. The van der Waals surface area contributed by atoms with Crippen molar-refractivity contribution in [1.29, 1.82) is 0 Å². The van der Waals surface area contributed by atoms with E-state index in [4.69, 9.17) is 0 Å². The molecule has 0 aromatic heterocycles. The Labute approximate surface area is 67.7 Å². The highest BCUT2D eigenvalue weighted by Crippen LogP contribution is 2.19. The second kappa shape index (κ2) is 3.05. The van der Waals surface area contributed by atoms with Gasteiger partial charge in [0.2, 0.25) is 0 Å². The van der Waals surface area contributed by atoms with Crippen molar-refractivity contribution in [2.24, 2.45) is 0 Å². The largest absolute Gasteiger partial charge is 0.228 e. The summed E-state index contributed by atoms with van der Waals surface area (Å²) in [5, 5.41) is 11.1. The van der Waals surface area contributed by atoms with Crippen molar-refractivity contribution in [3.8, 4) is 0 Å². The fraction of sp³-hybridized carbons (Fsp3) is 0.400. The van der Waals surface area contributed by atoms with Crippen molar-refractivity contribution in [2.75, 3.05) is 0 Å². The summed E-state index contributed by atoms with van der Waals surface area (Å²) >= 11 is 0. The van der Waals surface area contributed by atoms with Gasteiger partial charge >= 0.3 is 0 Å².